The lowest BCUT2D eigenvalue weighted by atomic mass is 9.92. The van der Waals surface area contributed by atoms with Gasteiger partial charge in [-0.15, -0.1) is 0 Å². The second-order valence-corrected chi connectivity index (χ2v) is 8.55. The van der Waals surface area contributed by atoms with Crippen LogP contribution in [0.4, 0.5) is 0 Å². The van der Waals surface area contributed by atoms with E-state index < -0.39 is 0 Å². The van der Waals surface area contributed by atoms with Gasteiger partial charge in [-0.1, -0.05) is 35.0 Å². The standard InChI is InChI=1S/C23H30N4O4/c1-16-3-5-17(6-4-16)21-24-20(31-25-21)15-26-11-7-18(8-12-26)22(28)27-13-9-19(10-14-27)23(29)30-2/h3-6,18-19H,7-15H2,1-2H3. The molecule has 2 saturated heterocycles. The molecule has 1 aromatic carbocycles. The average Bonchev–Trinajstić information content (AvgIpc) is 3.27. The molecule has 0 saturated carbocycles. The van der Waals surface area contributed by atoms with E-state index in [1.807, 2.05) is 36.1 Å². The molecular weight excluding hydrogens is 396 g/mol. The molecule has 0 N–H and O–H groups in total. The third-order valence-electron chi connectivity index (χ3n) is 6.41. The molecule has 2 aromatic rings. The summed E-state index contributed by atoms with van der Waals surface area (Å²) in [5.41, 5.74) is 2.14. The maximum Gasteiger partial charge on any atom is 0.308 e. The van der Waals surface area contributed by atoms with E-state index in [4.69, 9.17) is 9.26 Å². The molecule has 2 aliphatic heterocycles. The molecule has 0 aliphatic carbocycles. The monoisotopic (exact) mass is 426 g/mol. The van der Waals surface area contributed by atoms with Crippen molar-refractivity contribution in [1.82, 2.24) is 19.9 Å². The van der Waals surface area contributed by atoms with Gasteiger partial charge in [0.05, 0.1) is 19.6 Å². The van der Waals surface area contributed by atoms with Crippen molar-refractivity contribution in [3.8, 4) is 11.4 Å². The van der Waals surface area contributed by atoms with Crippen molar-refractivity contribution in [3.63, 3.8) is 0 Å². The Morgan fingerprint density at radius 1 is 1.03 bits per heavy atom. The number of esters is 1. The molecule has 0 radical (unpaired) electrons. The molecule has 0 atom stereocenters. The number of nitrogens with zero attached hydrogens (tertiary/aromatic N) is 4. The van der Waals surface area contributed by atoms with Crippen molar-refractivity contribution in [3.05, 3.63) is 35.7 Å². The molecule has 8 heteroatoms. The maximum atomic E-state index is 12.9. The van der Waals surface area contributed by atoms with Gasteiger partial charge in [-0.05, 0) is 45.7 Å². The van der Waals surface area contributed by atoms with Gasteiger partial charge in [-0.3, -0.25) is 14.5 Å². The molecule has 1 amide bonds. The van der Waals surface area contributed by atoms with Crippen molar-refractivity contribution in [2.75, 3.05) is 33.3 Å². The van der Waals surface area contributed by atoms with Crippen LogP contribution in [0.2, 0.25) is 0 Å². The maximum absolute atomic E-state index is 12.9. The first-order valence-corrected chi connectivity index (χ1v) is 11.0. The molecule has 4 rings (SSSR count). The lowest BCUT2D eigenvalue weighted by Crippen LogP contribution is -2.46. The molecule has 0 spiro atoms. The number of carbonyl (C=O) groups is 2. The summed E-state index contributed by atoms with van der Waals surface area (Å²) in [4.78, 5) is 33.3. The Morgan fingerprint density at radius 2 is 1.68 bits per heavy atom. The molecule has 2 aliphatic rings. The second-order valence-electron chi connectivity index (χ2n) is 8.55. The predicted molar refractivity (Wildman–Crippen MR) is 114 cm³/mol. The largest absolute Gasteiger partial charge is 0.469 e. The number of aryl methyl sites for hydroxylation is 1. The molecule has 2 fully saturated rings. The van der Waals surface area contributed by atoms with Crippen LogP contribution in [-0.4, -0.2) is 65.1 Å². The van der Waals surface area contributed by atoms with E-state index in [1.54, 1.807) is 0 Å². The normalized spacial score (nSPS) is 18.8. The zero-order valence-corrected chi connectivity index (χ0v) is 18.2. The Kier molecular flexibility index (Phi) is 6.65. The number of likely N-dealkylation sites (tertiary alicyclic amines) is 2. The van der Waals surface area contributed by atoms with E-state index in [1.165, 1.54) is 12.7 Å². The molecule has 0 bridgehead atoms. The summed E-state index contributed by atoms with van der Waals surface area (Å²) < 4.78 is 10.3. The van der Waals surface area contributed by atoms with Crippen LogP contribution in [0.5, 0.6) is 0 Å². The zero-order valence-electron chi connectivity index (χ0n) is 18.2. The number of benzene rings is 1. The van der Waals surface area contributed by atoms with Crippen molar-refractivity contribution >= 4 is 11.9 Å². The molecule has 8 nitrogen and oxygen atoms in total. The van der Waals surface area contributed by atoms with Crippen LogP contribution in [0.1, 0.15) is 37.1 Å². The zero-order chi connectivity index (χ0) is 21.8. The van der Waals surface area contributed by atoms with Crippen LogP contribution in [0.15, 0.2) is 28.8 Å². The van der Waals surface area contributed by atoms with Crippen molar-refractivity contribution < 1.29 is 18.8 Å². The Morgan fingerprint density at radius 3 is 2.32 bits per heavy atom. The summed E-state index contributed by atoms with van der Waals surface area (Å²) in [6.45, 7) is 5.59. The van der Waals surface area contributed by atoms with Gasteiger partial charge in [0.1, 0.15) is 0 Å². The summed E-state index contributed by atoms with van der Waals surface area (Å²) >= 11 is 0. The van der Waals surface area contributed by atoms with Gasteiger partial charge in [0.25, 0.3) is 0 Å². The number of hydrogen-bond donors (Lipinski definition) is 0. The van der Waals surface area contributed by atoms with Crippen LogP contribution in [0.25, 0.3) is 11.4 Å². The number of hydrogen-bond acceptors (Lipinski definition) is 7. The van der Waals surface area contributed by atoms with E-state index in [0.29, 0.717) is 44.2 Å². The number of rotatable bonds is 5. The topological polar surface area (TPSA) is 88.8 Å². The first-order chi connectivity index (χ1) is 15.0. The minimum Gasteiger partial charge on any atom is -0.469 e. The van der Waals surface area contributed by atoms with Crippen molar-refractivity contribution in [1.29, 1.82) is 0 Å². The summed E-state index contributed by atoms with van der Waals surface area (Å²) in [5.74, 6) is 1.25. The first kappa shape index (κ1) is 21.5. The fraction of sp³-hybridized carbons (Fsp3) is 0.565. The van der Waals surface area contributed by atoms with Crippen molar-refractivity contribution in [2.24, 2.45) is 11.8 Å². The third kappa shape index (κ3) is 5.12. The van der Waals surface area contributed by atoms with Gasteiger partial charge in [-0.2, -0.15) is 4.98 Å². The van der Waals surface area contributed by atoms with E-state index >= 15 is 0 Å². The summed E-state index contributed by atoms with van der Waals surface area (Å²) in [6, 6.07) is 8.06. The van der Waals surface area contributed by atoms with E-state index in [2.05, 4.69) is 15.0 Å². The number of carbonyl (C=O) groups excluding carboxylic acids is 2. The molecular formula is C23H30N4O4. The molecule has 3 heterocycles. The number of methoxy groups -OCH3 is 1. The smallest absolute Gasteiger partial charge is 0.308 e. The summed E-state index contributed by atoms with van der Waals surface area (Å²) in [5, 5.41) is 4.10. The highest BCUT2D eigenvalue weighted by molar-refractivity contribution is 5.79. The Bertz CT molecular complexity index is 895. The van der Waals surface area contributed by atoms with E-state index in [0.717, 1.165) is 31.5 Å². The van der Waals surface area contributed by atoms with Crippen LogP contribution in [-0.2, 0) is 20.9 Å². The predicted octanol–water partition coefficient (Wildman–Crippen LogP) is 2.67. The molecule has 1 aromatic heterocycles. The number of amides is 1. The first-order valence-electron chi connectivity index (χ1n) is 11.0. The van der Waals surface area contributed by atoms with Gasteiger partial charge in [0.15, 0.2) is 0 Å². The van der Waals surface area contributed by atoms with Gasteiger partial charge < -0.3 is 14.2 Å². The number of ether oxygens (including phenoxy) is 1. The quantitative estimate of drug-likeness (QED) is 0.679. The Labute approximate surface area is 182 Å². The highest BCUT2D eigenvalue weighted by atomic mass is 16.5. The van der Waals surface area contributed by atoms with Crippen molar-refractivity contribution in [2.45, 2.75) is 39.2 Å². The van der Waals surface area contributed by atoms with Crippen LogP contribution in [0.3, 0.4) is 0 Å². The fourth-order valence-corrected chi connectivity index (χ4v) is 4.43. The van der Waals surface area contributed by atoms with E-state index in [9.17, 15) is 9.59 Å². The summed E-state index contributed by atoms with van der Waals surface area (Å²) in [6.07, 6.45) is 3.04. The average molecular weight is 427 g/mol. The Hall–Kier alpha value is -2.74. The van der Waals surface area contributed by atoms with Crippen LogP contribution < -0.4 is 0 Å². The van der Waals surface area contributed by atoms with Gasteiger partial charge in [0.2, 0.25) is 17.6 Å². The summed E-state index contributed by atoms with van der Waals surface area (Å²) in [7, 11) is 1.42. The SMILES string of the molecule is COC(=O)C1CCN(C(=O)C2CCN(Cc3nc(-c4ccc(C)cc4)no3)CC2)CC1. The lowest BCUT2D eigenvalue weighted by molar-refractivity contribution is -0.150. The highest BCUT2D eigenvalue weighted by Gasteiger charge is 2.33. The molecule has 166 valence electrons. The van der Waals surface area contributed by atoms with Gasteiger partial charge in [-0.25, -0.2) is 0 Å². The Balaban J connectivity index is 1.24. The lowest BCUT2D eigenvalue weighted by Gasteiger charge is -2.36. The third-order valence-corrected chi connectivity index (χ3v) is 6.41. The number of piperidine rings is 2. The second kappa shape index (κ2) is 9.60. The minimum atomic E-state index is -0.160. The highest BCUT2D eigenvalue weighted by Crippen LogP contribution is 2.25. The molecule has 31 heavy (non-hydrogen) atoms. The van der Waals surface area contributed by atoms with Crippen LogP contribution in [0, 0.1) is 18.8 Å². The van der Waals surface area contributed by atoms with Gasteiger partial charge >= 0.3 is 5.97 Å². The number of aromatic nitrogens is 2. The van der Waals surface area contributed by atoms with Gasteiger partial charge in [0, 0.05) is 24.6 Å². The fourth-order valence-electron chi connectivity index (χ4n) is 4.43. The molecule has 0 unspecified atom stereocenters. The van der Waals surface area contributed by atoms with Crippen LogP contribution >= 0.6 is 0 Å². The van der Waals surface area contributed by atoms with E-state index in [-0.39, 0.29) is 23.7 Å². The minimum absolute atomic E-state index is 0.0525.